The Balaban J connectivity index is 1.38. The van der Waals surface area contributed by atoms with E-state index >= 15 is 0 Å². The molecule has 2 aromatic carbocycles. The molecule has 0 saturated carbocycles. The zero-order valence-electron chi connectivity index (χ0n) is 22.2. The molecule has 0 aromatic heterocycles. The molecule has 2 aromatic rings. The van der Waals surface area contributed by atoms with Crippen LogP contribution in [-0.4, -0.2) is 68.0 Å². The van der Waals surface area contributed by atoms with E-state index in [2.05, 4.69) is 38.1 Å². The van der Waals surface area contributed by atoms with Crippen LogP contribution in [0.3, 0.4) is 0 Å². The highest BCUT2D eigenvalue weighted by Crippen LogP contribution is 2.36. The molecule has 2 heterocycles. The van der Waals surface area contributed by atoms with Crippen LogP contribution in [0.4, 0.5) is 5.69 Å². The lowest BCUT2D eigenvalue weighted by Crippen LogP contribution is -2.55. The maximum Gasteiger partial charge on any atom is 0.261 e. The van der Waals surface area contributed by atoms with E-state index in [0.717, 1.165) is 60.0 Å². The SMILES string of the molecule is CCCCCCCCCCCCN1C(=O)c2cccc3c(N4CC[N+](C)(C)CC4)ccc(c23)C1=O. The molecule has 0 unspecified atom stereocenters. The van der Waals surface area contributed by atoms with Gasteiger partial charge >= 0.3 is 0 Å². The lowest BCUT2D eigenvalue weighted by molar-refractivity contribution is -0.890. The van der Waals surface area contributed by atoms with Crippen LogP contribution in [-0.2, 0) is 0 Å². The first-order chi connectivity index (χ1) is 16.9. The third kappa shape index (κ3) is 5.88. The molecule has 0 bridgehead atoms. The molecule has 0 spiro atoms. The molecular weight excluding hydrogens is 434 g/mol. The van der Waals surface area contributed by atoms with Gasteiger partial charge in [-0.3, -0.25) is 14.5 Å². The van der Waals surface area contributed by atoms with E-state index in [1.807, 2.05) is 18.2 Å². The molecule has 190 valence electrons. The van der Waals surface area contributed by atoms with Crippen molar-refractivity contribution >= 4 is 28.3 Å². The minimum Gasteiger partial charge on any atom is -0.360 e. The Morgan fingerprint density at radius 3 is 1.94 bits per heavy atom. The Morgan fingerprint density at radius 2 is 1.31 bits per heavy atom. The number of rotatable bonds is 12. The fraction of sp³-hybridized carbons (Fsp3) is 0.600. The first kappa shape index (κ1) is 25.7. The van der Waals surface area contributed by atoms with E-state index in [4.69, 9.17) is 0 Å². The number of quaternary nitrogens is 1. The Kier molecular flexibility index (Phi) is 8.48. The van der Waals surface area contributed by atoms with Crippen LogP contribution in [0, 0.1) is 0 Å². The number of imide groups is 1. The minimum absolute atomic E-state index is 0.127. The molecule has 0 aliphatic carbocycles. The van der Waals surface area contributed by atoms with E-state index in [0.29, 0.717) is 17.7 Å². The Bertz CT molecular complexity index is 1010. The molecule has 2 aliphatic heterocycles. The monoisotopic (exact) mass is 478 g/mol. The minimum atomic E-state index is -0.127. The van der Waals surface area contributed by atoms with Crippen molar-refractivity contribution in [2.45, 2.75) is 71.1 Å². The second kappa shape index (κ2) is 11.6. The number of piperazine rings is 1. The third-order valence-electron chi connectivity index (χ3n) is 8.00. The van der Waals surface area contributed by atoms with Crippen molar-refractivity contribution in [3.05, 3.63) is 41.5 Å². The van der Waals surface area contributed by atoms with Crippen molar-refractivity contribution in [3.63, 3.8) is 0 Å². The van der Waals surface area contributed by atoms with Crippen molar-refractivity contribution < 1.29 is 14.1 Å². The summed E-state index contributed by atoms with van der Waals surface area (Å²) >= 11 is 0. The topological polar surface area (TPSA) is 40.6 Å². The predicted molar refractivity (Wildman–Crippen MR) is 145 cm³/mol. The van der Waals surface area contributed by atoms with Crippen molar-refractivity contribution in [1.29, 1.82) is 0 Å². The van der Waals surface area contributed by atoms with Crippen LogP contribution < -0.4 is 4.90 Å². The van der Waals surface area contributed by atoms with Crippen molar-refractivity contribution in [1.82, 2.24) is 4.90 Å². The molecule has 0 radical (unpaired) electrons. The van der Waals surface area contributed by atoms with Gasteiger partial charge in [-0.1, -0.05) is 76.8 Å². The Morgan fingerprint density at radius 1 is 0.743 bits per heavy atom. The molecule has 5 nitrogen and oxygen atoms in total. The van der Waals surface area contributed by atoms with Crippen molar-refractivity contribution in [2.75, 3.05) is 51.7 Å². The molecular formula is C30H44N3O2+. The average molecular weight is 479 g/mol. The maximum absolute atomic E-state index is 13.4. The van der Waals surface area contributed by atoms with Gasteiger partial charge < -0.3 is 9.38 Å². The van der Waals surface area contributed by atoms with E-state index in [-0.39, 0.29) is 11.8 Å². The number of benzene rings is 2. The molecule has 1 saturated heterocycles. The van der Waals surface area contributed by atoms with Crippen LogP contribution in [0.2, 0.25) is 0 Å². The zero-order chi connectivity index (χ0) is 24.8. The quantitative estimate of drug-likeness (QED) is 0.206. The summed E-state index contributed by atoms with van der Waals surface area (Å²) in [4.78, 5) is 30.6. The Hall–Kier alpha value is -2.40. The summed E-state index contributed by atoms with van der Waals surface area (Å²) in [7, 11) is 4.55. The summed E-state index contributed by atoms with van der Waals surface area (Å²) in [5.41, 5.74) is 2.51. The number of unbranched alkanes of at least 4 members (excludes halogenated alkanes) is 9. The molecule has 2 amide bonds. The van der Waals surface area contributed by atoms with Crippen molar-refractivity contribution in [2.24, 2.45) is 0 Å². The van der Waals surface area contributed by atoms with Gasteiger partial charge in [-0.2, -0.15) is 0 Å². The van der Waals surface area contributed by atoms with Gasteiger partial charge in [0.25, 0.3) is 11.8 Å². The largest absolute Gasteiger partial charge is 0.360 e. The van der Waals surface area contributed by atoms with Crippen LogP contribution in [0.15, 0.2) is 30.3 Å². The van der Waals surface area contributed by atoms with E-state index in [9.17, 15) is 9.59 Å². The molecule has 5 heteroatoms. The highest BCUT2D eigenvalue weighted by Gasteiger charge is 2.34. The number of carbonyl (C=O) groups excluding carboxylic acids is 2. The highest BCUT2D eigenvalue weighted by atomic mass is 16.2. The molecule has 4 rings (SSSR count). The van der Waals surface area contributed by atoms with Gasteiger partial charge in [-0.15, -0.1) is 0 Å². The zero-order valence-corrected chi connectivity index (χ0v) is 22.2. The van der Waals surface area contributed by atoms with Gasteiger partial charge in [0, 0.05) is 34.1 Å². The molecule has 35 heavy (non-hydrogen) atoms. The summed E-state index contributed by atoms with van der Waals surface area (Å²) < 4.78 is 1.03. The molecule has 2 aliphatic rings. The predicted octanol–water partition coefficient (Wildman–Crippen LogP) is 6.25. The summed E-state index contributed by atoms with van der Waals surface area (Å²) in [6.07, 6.45) is 12.4. The van der Waals surface area contributed by atoms with Gasteiger partial charge in [0.2, 0.25) is 0 Å². The summed E-state index contributed by atoms with van der Waals surface area (Å²) in [5, 5.41) is 1.88. The fourth-order valence-electron chi connectivity index (χ4n) is 5.61. The summed E-state index contributed by atoms with van der Waals surface area (Å²) in [6, 6.07) is 9.99. The maximum atomic E-state index is 13.4. The second-order valence-corrected chi connectivity index (χ2v) is 11.2. The van der Waals surface area contributed by atoms with Gasteiger partial charge in [0.15, 0.2) is 0 Å². The number of anilines is 1. The lowest BCUT2D eigenvalue weighted by atomic mass is 9.92. The Labute approximate surface area is 211 Å². The molecule has 0 atom stereocenters. The van der Waals surface area contributed by atoms with Gasteiger partial charge in [0.1, 0.15) is 0 Å². The van der Waals surface area contributed by atoms with Crippen molar-refractivity contribution in [3.8, 4) is 0 Å². The van der Waals surface area contributed by atoms with Crippen LogP contribution in [0.1, 0.15) is 91.8 Å². The summed E-state index contributed by atoms with van der Waals surface area (Å²) in [5.74, 6) is -0.254. The highest BCUT2D eigenvalue weighted by molar-refractivity contribution is 6.26. The van der Waals surface area contributed by atoms with Gasteiger partial charge in [-0.25, -0.2) is 0 Å². The molecule has 1 fully saturated rings. The smallest absolute Gasteiger partial charge is 0.261 e. The number of amides is 2. The standard InChI is InChI=1S/C30H44N3O2/c1-4-5-6-7-8-9-10-11-12-13-19-32-29(34)25-16-14-15-24-27(18-17-26(28(24)25)30(32)35)31-20-22-33(2,3)23-21-31/h14-18H,4-13,19-23H2,1-3H3/q+1. The summed E-state index contributed by atoms with van der Waals surface area (Å²) in [6.45, 7) is 6.92. The lowest BCUT2D eigenvalue weighted by Gasteiger charge is -2.40. The number of hydrogen-bond acceptors (Lipinski definition) is 3. The van der Waals surface area contributed by atoms with Gasteiger partial charge in [0.05, 0.1) is 40.3 Å². The van der Waals surface area contributed by atoms with Crippen LogP contribution in [0.5, 0.6) is 0 Å². The van der Waals surface area contributed by atoms with E-state index in [1.165, 1.54) is 56.3 Å². The van der Waals surface area contributed by atoms with Crippen LogP contribution >= 0.6 is 0 Å². The molecule has 0 N–H and O–H groups in total. The first-order valence-corrected chi connectivity index (χ1v) is 13.9. The fourth-order valence-corrected chi connectivity index (χ4v) is 5.61. The van der Waals surface area contributed by atoms with E-state index in [1.54, 1.807) is 0 Å². The third-order valence-corrected chi connectivity index (χ3v) is 8.00. The van der Waals surface area contributed by atoms with Gasteiger partial charge in [-0.05, 0) is 24.6 Å². The number of carbonyl (C=O) groups is 2. The van der Waals surface area contributed by atoms with E-state index < -0.39 is 0 Å². The number of nitrogens with zero attached hydrogens (tertiary/aromatic N) is 3. The number of hydrogen-bond donors (Lipinski definition) is 0. The second-order valence-electron chi connectivity index (χ2n) is 11.2. The number of likely N-dealkylation sites (N-methyl/N-ethyl adjacent to an activating group) is 1. The normalized spacial score (nSPS) is 17.5. The first-order valence-electron chi connectivity index (χ1n) is 13.9. The van der Waals surface area contributed by atoms with Crippen LogP contribution in [0.25, 0.3) is 10.8 Å². The average Bonchev–Trinajstić information content (AvgIpc) is 2.85.